The van der Waals surface area contributed by atoms with Crippen LogP contribution in [0, 0.1) is 6.92 Å². The Bertz CT molecular complexity index is 641. The number of aryl methyl sites for hydroxylation is 1. The van der Waals surface area contributed by atoms with Crippen molar-refractivity contribution in [2.45, 2.75) is 6.92 Å². The fraction of sp³-hybridized carbons (Fsp3) is 0.0714. The minimum Gasteiger partial charge on any atom is -0.506 e. The van der Waals surface area contributed by atoms with Crippen LogP contribution in [0.1, 0.15) is 15.9 Å². The summed E-state index contributed by atoms with van der Waals surface area (Å²) < 4.78 is 0.454. The number of phenols is 2. The number of hydrogen-bond acceptors (Lipinski definition) is 3. The molecule has 1 amide bonds. The predicted octanol–water partition coefficient (Wildman–Crippen LogP) is 3.42. The minimum atomic E-state index is -0.483. The molecule has 0 aromatic heterocycles. The highest BCUT2D eigenvalue weighted by Crippen LogP contribution is 2.30. The number of aromatic hydroxyl groups is 2. The normalized spacial score (nSPS) is 10.2. The van der Waals surface area contributed by atoms with E-state index in [2.05, 4.69) is 21.2 Å². The average Bonchev–Trinajstić information content (AvgIpc) is 2.36. The van der Waals surface area contributed by atoms with Gasteiger partial charge in [-0.15, -0.1) is 0 Å². The number of rotatable bonds is 2. The monoisotopic (exact) mass is 321 g/mol. The zero-order valence-electron chi connectivity index (χ0n) is 10.1. The van der Waals surface area contributed by atoms with Crippen molar-refractivity contribution in [2.24, 2.45) is 0 Å². The van der Waals surface area contributed by atoms with Gasteiger partial charge in [-0.05, 0) is 52.7 Å². The molecule has 0 aliphatic carbocycles. The minimum absolute atomic E-state index is 0.0259. The van der Waals surface area contributed by atoms with Gasteiger partial charge >= 0.3 is 0 Å². The molecule has 0 unspecified atom stereocenters. The number of hydrogen-bond donors (Lipinski definition) is 3. The Morgan fingerprint density at radius 1 is 1.21 bits per heavy atom. The number of benzene rings is 2. The molecule has 19 heavy (non-hydrogen) atoms. The summed E-state index contributed by atoms with van der Waals surface area (Å²) in [5.41, 5.74) is 1.28. The van der Waals surface area contributed by atoms with Gasteiger partial charge in [0.2, 0.25) is 0 Å². The van der Waals surface area contributed by atoms with E-state index in [1.54, 1.807) is 30.3 Å². The molecule has 0 aliphatic rings. The molecule has 0 radical (unpaired) electrons. The first-order chi connectivity index (χ1) is 8.99. The highest BCUT2D eigenvalue weighted by molar-refractivity contribution is 9.10. The molecule has 2 aromatic rings. The van der Waals surface area contributed by atoms with E-state index in [1.165, 1.54) is 6.07 Å². The lowest BCUT2D eigenvalue weighted by molar-refractivity contribution is 0.102. The topological polar surface area (TPSA) is 69.6 Å². The Morgan fingerprint density at radius 3 is 2.58 bits per heavy atom. The molecule has 0 heterocycles. The third-order valence-electron chi connectivity index (χ3n) is 2.60. The summed E-state index contributed by atoms with van der Waals surface area (Å²) in [5.74, 6) is -0.635. The standard InChI is InChI=1S/C14H12BrNO3/c1-8-6-9(13(18)10(15)7-8)14(19)16-11-4-2-3-5-12(11)17/h2-7,17-18H,1H3,(H,16,19). The van der Waals surface area contributed by atoms with E-state index >= 15 is 0 Å². The van der Waals surface area contributed by atoms with Crippen LogP contribution in [-0.4, -0.2) is 16.1 Å². The van der Waals surface area contributed by atoms with Crippen LogP contribution in [0.4, 0.5) is 5.69 Å². The average molecular weight is 322 g/mol. The molecule has 98 valence electrons. The van der Waals surface area contributed by atoms with Crippen molar-refractivity contribution in [3.05, 3.63) is 52.0 Å². The SMILES string of the molecule is Cc1cc(Br)c(O)c(C(=O)Nc2ccccc2O)c1. The van der Waals surface area contributed by atoms with Crippen molar-refractivity contribution in [1.29, 1.82) is 0 Å². The van der Waals surface area contributed by atoms with E-state index < -0.39 is 5.91 Å². The van der Waals surface area contributed by atoms with Gasteiger partial charge in [0.1, 0.15) is 11.5 Å². The summed E-state index contributed by atoms with van der Waals surface area (Å²) in [4.78, 5) is 12.1. The molecule has 2 aromatic carbocycles. The van der Waals surface area contributed by atoms with Gasteiger partial charge in [0.25, 0.3) is 5.91 Å². The molecule has 0 atom stereocenters. The van der Waals surface area contributed by atoms with Gasteiger partial charge in [-0.25, -0.2) is 0 Å². The van der Waals surface area contributed by atoms with E-state index in [0.29, 0.717) is 10.2 Å². The summed E-state index contributed by atoms with van der Waals surface area (Å²) in [5, 5.41) is 22.0. The number of carbonyl (C=O) groups excluding carboxylic acids is 1. The number of amides is 1. The number of nitrogens with one attached hydrogen (secondary N) is 1. The Balaban J connectivity index is 2.33. The van der Waals surface area contributed by atoms with Gasteiger partial charge in [-0.1, -0.05) is 12.1 Å². The van der Waals surface area contributed by atoms with E-state index in [-0.39, 0.29) is 17.1 Å². The molecule has 2 rings (SSSR count). The van der Waals surface area contributed by atoms with Crippen LogP contribution in [0.2, 0.25) is 0 Å². The fourth-order valence-corrected chi connectivity index (χ4v) is 2.25. The van der Waals surface area contributed by atoms with Crippen LogP contribution >= 0.6 is 15.9 Å². The predicted molar refractivity (Wildman–Crippen MR) is 76.6 cm³/mol. The van der Waals surface area contributed by atoms with Gasteiger partial charge in [-0.2, -0.15) is 0 Å². The lowest BCUT2D eigenvalue weighted by atomic mass is 10.1. The Morgan fingerprint density at radius 2 is 1.89 bits per heavy atom. The van der Waals surface area contributed by atoms with E-state index in [4.69, 9.17) is 0 Å². The molecule has 0 aliphatic heterocycles. The largest absolute Gasteiger partial charge is 0.506 e. The lowest BCUT2D eigenvalue weighted by Gasteiger charge is -2.10. The second kappa shape index (κ2) is 5.32. The molecular weight excluding hydrogens is 310 g/mol. The summed E-state index contributed by atoms with van der Waals surface area (Å²) in [6.45, 7) is 1.82. The van der Waals surface area contributed by atoms with Crippen molar-refractivity contribution >= 4 is 27.5 Å². The highest BCUT2D eigenvalue weighted by atomic mass is 79.9. The second-order valence-corrected chi connectivity index (χ2v) is 4.97. The molecule has 0 fully saturated rings. The van der Waals surface area contributed by atoms with Gasteiger partial charge in [0.15, 0.2) is 0 Å². The third kappa shape index (κ3) is 2.88. The first-order valence-electron chi connectivity index (χ1n) is 5.57. The van der Waals surface area contributed by atoms with Crippen molar-refractivity contribution in [3.63, 3.8) is 0 Å². The van der Waals surface area contributed by atoms with Gasteiger partial charge in [0, 0.05) is 0 Å². The Hall–Kier alpha value is -2.01. The Kier molecular flexibility index (Phi) is 3.76. The van der Waals surface area contributed by atoms with E-state index in [1.807, 2.05) is 6.92 Å². The number of carbonyl (C=O) groups is 1. The highest BCUT2D eigenvalue weighted by Gasteiger charge is 2.15. The van der Waals surface area contributed by atoms with Crippen LogP contribution in [0.3, 0.4) is 0 Å². The molecule has 0 bridgehead atoms. The zero-order valence-corrected chi connectivity index (χ0v) is 11.7. The van der Waals surface area contributed by atoms with Crippen molar-refractivity contribution < 1.29 is 15.0 Å². The van der Waals surface area contributed by atoms with Crippen molar-refractivity contribution in [3.8, 4) is 11.5 Å². The summed E-state index contributed by atoms with van der Waals surface area (Å²) in [6.07, 6.45) is 0. The van der Waals surface area contributed by atoms with Crippen molar-refractivity contribution in [1.82, 2.24) is 0 Å². The fourth-order valence-electron chi connectivity index (χ4n) is 1.68. The molecule has 4 nitrogen and oxygen atoms in total. The first kappa shape index (κ1) is 13.4. The molecule has 0 saturated carbocycles. The smallest absolute Gasteiger partial charge is 0.259 e. The van der Waals surface area contributed by atoms with Crippen LogP contribution in [0.5, 0.6) is 11.5 Å². The first-order valence-corrected chi connectivity index (χ1v) is 6.37. The van der Waals surface area contributed by atoms with Gasteiger partial charge in [0.05, 0.1) is 15.7 Å². The summed E-state index contributed by atoms with van der Waals surface area (Å²) >= 11 is 3.19. The molecule has 0 saturated heterocycles. The van der Waals surface area contributed by atoms with E-state index in [9.17, 15) is 15.0 Å². The quantitative estimate of drug-likeness (QED) is 0.742. The molecule has 5 heteroatoms. The van der Waals surface area contributed by atoms with Crippen LogP contribution < -0.4 is 5.32 Å². The number of para-hydroxylation sites is 2. The third-order valence-corrected chi connectivity index (χ3v) is 3.21. The lowest BCUT2D eigenvalue weighted by Crippen LogP contribution is -2.12. The Labute approximate surface area is 118 Å². The maximum absolute atomic E-state index is 12.1. The number of phenolic OH excluding ortho intramolecular Hbond substituents is 2. The van der Waals surface area contributed by atoms with Gasteiger partial charge < -0.3 is 15.5 Å². The molecule has 0 spiro atoms. The maximum Gasteiger partial charge on any atom is 0.259 e. The summed E-state index contributed by atoms with van der Waals surface area (Å²) in [6, 6.07) is 9.70. The summed E-state index contributed by atoms with van der Waals surface area (Å²) in [7, 11) is 0. The molecule has 3 N–H and O–H groups in total. The van der Waals surface area contributed by atoms with Crippen LogP contribution in [-0.2, 0) is 0 Å². The van der Waals surface area contributed by atoms with Crippen molar-refractivity contribution in [2.75, 3.05) is 5.32 Å². The second-order valence-electron chi connectivity index (χ2n) is 4.11. The van der Waals surface area contributed by atoms with Gasteiger partial charge in [-0.3, -0.25) is 4.79 Å². The number of anilines is 1. The molecular formula is C14H12BrNO3. The maximum atomic E-state index is 12.1. The zero-order chi connectivity index (χ0) is 14.0. The number of halogens is 1. The van der Waals surface area contributed by atoms with E-state index in [0.717, 1.165) is 5.56 Å². The van der Waals surface area contributed by atoms with Crippen LogP contribution in [0.15, 0.2) is 40.9 Å². The van der Waals surface area contributed by atoms with Crippen LogP contribution in [0.25, 0.3) is 0 Å².